The second-order valence-corrected chi connectivity index (χ2v) is 4.66. The molecule has 1 aromatic carbocycles. The Labute approximate surface area is 108 Å². The molecular weight excluding hydrogens is 228 g/mol. The molecule has 4 nitrogen and oxygen atoms in total. The van der Waals surface area contributed by atoms with Gasteiger partial charge in [0.2, 0.25) is 5.91 Å². The maximum absolute atomic E-state index is 11.7. The molecule has 0 spiro atoms. The number of carbonyl (C=O) groups is 1. The molecule has 2 rings (SSSR count). The molecule has 0 fully saturated rings. The standard InChI is InChI=1S/C14H20N2O2/c1-3-10(2)15-9-14(17)16-12-4-5-13-11(8-12)6-7-18-13/h4-5,8,10,15H,3,6-7,9H2,1-2H3,(H,16,17). The Morgan fingerprint density at radius 2 is 2.33 bits per heavy atom. The molecule has 2 N–H and O–H groups in total. The molecular formula is C14H20N2O2. The minimum atomic E-state index is -0.00540. The zero-order chi connectivity index (χ0) is 13.0. The Bertz CT molecular complexity index is 432. The van der Waals surface area contributed by atoms with Crippen LogP contribution in [0.4, 0.5) is 5.69 Å². The van der Waals surface area contributed by atoms with Crippen LogP contribution in [0.1, 0.15) is 25.8 Å². The number of carbonyl (C=O) groups excluding carboxylic acids is 1. The largest absolute Gasteiger partial charge is 0.493 e. The van der Waals surface area contributed by atoms with Gasteiger partial charge in [0.15, 0.2) is 0 Å². The van der Waals surface area contributed by atoms with E-state index in [9.17, 15) is 4.79 Å². The summed E-state index contributed by atoms with van der Waals surface area (Å²) in [7, 11) is 0. The highest BCUT2D eigenvalue weighted by atomic mass is 16.5. The van der Waals surface area contributed by atoms with Crippen LogP contribution in [0.15, 0.2) is 18.2 Å². The van der Waals surface area contributed by atoms with Crippen LogP contribution < -0.4 is 15.4 Å². The van der Waals surface area contributed by atoms with Crippen molar-refractivity contribution in [3.05, 3.63) is 23.8 Å². The van der Waals surface area contributed by atoms with Crippen molar-refractivity contribution < 1.29 is 9.53 Å². The quantitative estimate of drug-likeness (QED) is 0.837. The van der Waals surface area contributed by atoms with E-state index in [0.29, 0.717) is 12.6 Å². The lowest BCUT2D eigenvalue weighted by atomic mass is 10.1. The fraction of sp³-hybridized carbons (Fsp3) is 0.500. The van der Waals surface area contributed by atoms with E-state index in [1.165, 1.54) is 5.56 Å². The van der Waals surface area contributed by atoms with Crippen LogP contribution in [0.5, 0.6) is 5.75 Å². The number of rotatable bonds is 5. The first-order valence-electron chi connectivity index (χ1n) is 6.48. The zero-order valence-corrected chi connectivity index (χ0v) is 11.0. The lowest BCUT2D eigenvalue weighted by molar-refractivity contribution is -0.115. The average Bonchev–Trinajstić information content (AvgIpc) is 2.83. The smallest absolute Gasteiger partial charge is 0.238 e. The van der Waals surface area contributed by atoms with Gasteiger partial charge in [-0.15, -0.1) is 0 Å². The minimum absolute atomic E-state index is 0.00540. The van der Waals surface area contributed by atoms with Crippen LogP contribution >= 0.6 is 0 Å². The fourth-order valence-electron chi connectivity index (χ4n) is 1.88. The lowest BCUT2D eigenvalue weighted by Gasteiger charge is -2.11. The molecule has 1 amide bonds. The summed E-state index contributed by atoms with van der Waals surface area (Å²) >= 11 is 0. The van der Waals surface area contributed by atoms with Gasteiger partial charge in [0.1, 0.15) is 5.75 Å². The van der Waals surface area contributed by atoms with Crippen molar-refractivity contribution in [2.45, 2.75) is 32.7 Å². The molecule has 98 valence electrons. The first-order chi connectivity index (χ1) is 8.69. The lowest BCUT2D eigenvalue weighted by Crippen LogP contribution is -2.33. The van der Waals surface area contributed by atoms with Crippen LogP contribution in [0, 0.1) is 0 Å². The van der Waals surface area contributed by atoms with E-state index in [-0.39, 0.29) is 5.91 Å². The molecule has 1 atom stereocenters. The number of fused-ring (bicyclic) bond motifs is 1. The maximum atomic E-state index is 11.7. The van der Waals surface area contributed by atoms with Crippen LogP contribution in [-0.2, 0) is 11.2 Å². The number of anilines is 1. The van der Waals surface area contributed by atoms with E-state index in [2.05, 4.69) is 24.5 Å². The highest BCUT2D eigenvalue weighted by Crippen LogP contribution is 2.27. The molecule has 1 unspecified atom stereocenters. The SMILES string of the molecule is CCC(C)NCC(=O)Nc1ccc2c(c1)CCO2. The predicted octanol–water partition coefficient (Wildman–Crippen LogP) is 1.95. The van der Waals surface area contributed by atoms with Crippen molar-refractivity contribution in [3.63, 3.8) is 0 Å². The van der Waals surface area contributed by atoms with Crippen molar-refractivity contribution in [1.82, 2.24) is 5.32 Å². The van der Waals surface area contributed by atoms with E-state index in [1.54, 1.807) is 0 Å². The summed E-state index contributed by atoms with van der Waals surface area (Å²) in [5.41, 5.74) is 2.01. The summed E-state index contributed by atoms with van der Waals surface area (Å²) in [6.07, 6.45) is 1.94. The summed E-state index contributed by atoms with van der Waals surface area (Å²) < 4.78 is 5.43. The Morgan fingerprint density at radius 3 is 3.11 bits per heavy atom. The van der Waals surface area contributed by atoms with Crippen molar-refractivity contribution in [1.29, 1.82) is 0 Å². The molecule has 0 saturated carbocycles. The first kappa shape index (κ1) is 12.9. The van der Waals surface area contributed by atoms with E-state index in [0.717, 1.165) is 30.9 Å². The Hall–Kier alpha value is -1.55. The van der Waals surface area contributed by atoms with Crippen LogP contribution in [0.25, 0.3) is 0 Å². The van der Waals surface area contributed by atoms with Crippen molar-refractivity contribution in [2.24, 2.45) is 0 Å². The van der Waals surface area contributed by atoms with Crippen LogP contribution in [0.2, 0.25) is 0 Å². The maximum Gasteiger partial charge on any atom is 0.238 e. The van der Waals surface area contributed by atoms with Crippen LogP contribution in [0.3, 0.4) is 0 Å². The van der Waals surface area contributed by atoms with Gasteiger partial charge in [0, 0.05) is 18.2 Å². The molecule has 1 heterocycles. The topological polar surface area (TPSA) is 50.4 Å². The van der Waals surface area contributed by atoms with Gasteiger partial charge in [-0.3, -0.25) is 4.79 Å². The van der Waals surface area contributed by atoms with Gasteiger partial charge in [0.05, 0.1) is 13.2 Å². The molecule has 1 aromatic rings. The number of ether oxygens (including phenoxy) is 1. The third-order valence-corrected chi connectivity index (χ3v) is 3.20. The number of benzene rings is 1. The summed E-state index contributed by atoms with van der Waals surface area (Å²) in [5.74, 6) is 0.930. The zero-order valence-electron chi connectivity index (χ0n) is 11.0. The molecule has 0 aromatic heterocycles. The molecule has 4 heteroatoms. The summed E-state index contributed by atoms with van der Waals surface area (Å²) in [5, 5.41) is 6.06. The fourth-order valence-corrected chi connectivity index (χ4v) is 1.88. The van der Waals surface area contributed by atoms with Gasteiger partial charge in [0.25, 0.3) is 0 Å². The van der Waals surface area contributed by atoms with E-state index in [4.69, 9.17) is 4.74 Å². The van der Waals surface area contributed by atoms with Crippen LogP contribution in [-0.4, -0.2) is 25.1 Å². The molecule has 0 radical (unpaired) electrons. The number of hydrogen-bond acceptors (Lipinski definition) is 3. The number of amides is 1. The van der Waals surface area contributed by atoms with E-state index < -0.39 is 0 Å². The van der Waals surface area contributed by atoms with Gasteiger partial charge in [-0.05, 0) is 37.1 Å². The Morgan fingerprint density at radius 1 is 1.50 bits per heavy atom. The second kappa shape index (κ2) is 5.87. The molecule has 1 aliphatic rings. The Kier molecular flexibility index (Phi) is 4.20. The normalized spacial score (nSPS) is 14.8. The van der Waals surface area contributed by atoms with E-state index >= 15 is 0 Å². The monoisotopic (exact) mass is 248 g/mol. The van der Waals surface area contributed by atoms with Gasteiger partial charge >= 0.3 is 0 Å². The molecule has 18 heavy (non-hydrogen) atoms. The van der Waals surface area contributed by atoms with Gasteiger partial charge in [-0.1, -0.05) is 6.92 Å². The average molecular weight is 248 g/mol. The van der Waals surface area contributed by atoms with Crippen molar-refractivity contribution in [3.8, 4) is 5.75 Å². The number of nitrogens with one attached hydrogen (secondary N) is 2. The highest BCUT2D eigenvalue weighted by Gasteiger charge is 2.13. The predicted molar refractivity (Wildman–Crippen MR) is 72.0 cm³/mol. The number of hydrogen-bond donors (Lipinski definition) is 2. The molecule has 0 bridgehead atoms. The Balaban J connectivity index is 1.87. The third-order valence-electron chi connectivity index (χ3n) is 3.20. The molecule has 0 saturated heterocycles. The van der Waals surface area contributed by atoms with Crippen molar-refractivity contribution in [2.75, 3.05) is 18.5 Å². The van der Waals surface area contributed by atoms with E-state index in [1.807, 2.05) is 18.2 Å². The molecule has 0 aliphatic carbocycles. The molecule has 1 aliphatic heterocycles. The van der Waals surface area contributed by atoms with Gasteiger partial charge in [-0.25, -0.2) is 0 Å². The third kappa shape index (κ3) is 3.23. The van der Waals surface area contributed by atoms with Gasteiger partial charge < -0.3 is 15.4 Å². The van der Waals surface area contributed by atoms with Gasteiger partial charge in [-0.2, -0.15) is 0 Å². The summed E-state index contributed by atoms with van der Waals surface area (Å²) in [6, 6.07) is 6.15. The summed E-state index contributed by atoms with van der Waals surface area (Å²) in [6.45, 7) is 5.25. The van der Waals surface area contributed by atoms with Crippen molar-refractivity contribution >= 4 is 11.6 Å². The minimum Gasteiger partial charge on any atom is -0.493 e. The first-order valence-corrected chi connectivity index (χ1v) is 6.48. The second-order valence-electron chi connectivity index (χ2n) is 4.66. The highest BCUT2D eigenvalue weighted by molar-refractivity contribution is 5.92. The summed E-state index contributed by atoms with van der Waals surface area (Å²) in [4.78, 5) is 11.7.